The number of ketones is 1. The SMILES string of the molecule is NC[C@H](N)C(=O)CCC(N)=O. The summed E-state index contributed by atoms with van der Waals surface area (Å²) in [6, 6.07) is -0.658. The van der Waals surface area contributed by atoms with Gasteiger partial charge in [0.15, 0.2) is 5.78 Å². The lowest BCUT2D eigenvalue weighted by molar-refractivity contribution is -0.124. The molecule has 0 aromatic heterocycles. The largest absolute Gasteiger partial charge is 0.370 e. The Bertz CT molecular complexity index is 158. The maximum atomic E-state index is 10.9. The van der Waals surface area contributed by atoms with Crippen molar-refractivity contribution in [2.24, 2.45) is 17.2 Å². The molecule has 0 aliphatic carbocycles. The number of carbonyl (C=O) groups is 2. The van der Waals surface area contributed by atoms with Gasteiger partial charge in [-0.25, -0.2) is 0 Å². The number of nitrogens with two attached hydrogens (primary N) is 3. The van der Waals surface area contributed by atoms with Gasteiger partial charge in [0.1, 0.15) is 0 Å². The zero-order valence-electron chi connectivity index (χ0n) is 6.25. The summed E-state index contributed by atoms with van der Waals surface area (Å²) in [4.78, 5) is 21.1. The maximum Gasteiger partial charge on any atom is 0.217 e. The Morgan fingerprint density at radius 1 is 1.27 bits per heavy atom. The van der Waals surface area contributed by atoms with E-state index in [0.717, 1.165) is 0 Å². The molecular weight excluding hydrogens is 146 g/mol. The van der Waals surface area contributed by atoms with Gasteiger partial charge in [-0.15, -0.1) is 0 Å². The van der Waals surface area contributed by atoms with Gasteiger partial charge >= 0.3 is 0 Å². The summed E-state index contributed by atoms with van der Waals surface area (Å²) in [6.45, 7) is 0.109. The van der Waals surface area contributed by atoms with E-state index in [1.165, 1.54) is 0 Å². The van der Waals surface area contributed by atoms with E-state index in [1.54, 1.807) is 0 Å². The van der Waals surface area contributed by atoms with Gasteiger partial charge in [-0.2, -0.15) is 0 Å². The molecule has 0 aliphatic rings. The predicted octanol–water partition coefficient (Wildman–Crippen LogP) is -1.89. The van der Waals surface area contributed by atoms with E-state index in [0.29, 0.717) is 0 Å². The first-order chi connectivity index (χ1) is 5.07. The van der Waals surface area contributed by atoms with Crippen molar-refractivity contribution in [3.8, 4) is 0 Å². The molecule has 64 valence electrons. The molecule has 5 nitrogen and oxygen atoms in total. The minimum atomic E-state index is -0.658. The first-order valence-corrected chi connectivity index (χ1v) is 3.34. The lowest BCUT2D eigenvalue weighted by Crippen LogP contribution is -2.38. The van der Waals surface area contributed by atoms with E-state index in [1.807, 2.05) is 0 Å². The first-order valence-electron chi connectivity index (χ1n) is 3.34. The number of amides is 1. The highest BCUT2D eigenvalue weighted by atomic mass is 16.1. The molecule has 0 radical (unpaired) electrons. The highest BCUT2D eigenvalue weighted by Gasteiger charge is 2.11. The minimum Gasteiger partial charge on any atom is -0.370 e. The topological polar surface area (TPSA) is 112 Å². The molecule has 0 aromatic carbocycles. The molecule has 0 aromatic rings. The van der Waals surface area contributed by atoms with Crippen LogP contribution >= 0.6 is 0 Å². The normalized spacial score (nSPS) is 12.5. The molecule has 5 heteroatoms. The second kappa shape index (κ2) is 4.81. The second-order valence-electron chi connectivity index (χ2n) is 2.27. The molecule has 0 saturated heterocycles. The van der Waals surface area contributed by atoms with Gasteiger partial charge < -0.3 is 17.2 Å². The Morgan fingerprint density at radius 3 is 2.18 bits per heavy atom. The van der Waals surface area contributed by atoms with Crippen LogP contribution in [0.2, 0.25) is 0 Å². The van der Waals surface area contributed by atoms with Gasteiger partial charge in [0, 0.05) is 19.4 Å². The van der Waals surface area contributed by atoms with Gasteiger partial charge in [0.25, 0.3) is 0 Å². The Balaban J connectivity index is 3.60. The number of carbonyl (C=O) groups excluding carboxylic acids is 2. The molecule has 11 heavy (non-hydrogen) atoms. The van der Waals surface area contributed by atoms with Gasteiger partial charge in [0.05, 0.1) is 6.04 Å². The lowest BCUT2D eigenvalue weighted by Gasteiger charge is -2.04. The molecule has 0 fully saturated rings. The summed E-state index contributed by atoms with van der Waals surface area (Å²) in [5.74, 6) is -0.714. The summed E-state index contributed by atoms with van der Waals surface area (Å²) in [5, 5.41) is 0. The standard InChI is InChI=1S/C6H13N3O2/c7-3-4(8)5(10)1-2-6(9)11/h4H,1-3,7-8H2,(H2,9,11)/t4-/m0/s1. The highest BCUT2D eigenvalue weighted by molar-refractivity contribution is 5.87. The fourth-order valence-corrected chi connectivity index (χ4v) is 0.563. The summed E-state index contributed by atoms with van der Waals surface area (Å²) in [7, 11) is 0. The van der Waals surface area contributed by atoms with Crippen LogP contribution in [0.4, 0.5) is 0 Å². The lowest BCUT2D eigenvalue weighted by atomic mass is 10.1. The van der Waals surface area contributed by atoms with E-state index in [-0.39, 0.29) is 25.2 Å². The average molecular weight is 159 g/mol. The summed E-state index contributed by atoms with van der Waals surface area (Å²) in [6.07, 6.45) is 0.139. The van der Waals surface area contributed by atoms with Crippen molar-refractivity contribution < 1.29 is 9.59 Å². The Morgan fingerprint density at radius 2 is 1.82 bits per heavy atom. The molecule has 1 amide bonds. The van der Waals surface area contributed by atoms with Crippen LogP contribution in [0.15, 0.2) is 0 Å². The fraction of sp³-hybridized carbons (Fsp3) is 0.667. The van der Waals surface area contributed by atoms with Crippen LogP contribution in [0.3, 0.4) is 0 Å². The van der Waals surface area contributed by atoms with Gasteiger partial charge in [-0.3, -0.25) is 9.59 Å². The molecule has 0 heterocycles. The molecular formula is C6H13N3O2. The van der Waals surface area contributed by atoms with Crippen LogP contribution in [0.25, 0.3) is 0 Å². The van der Waals surface area contributed by atoms with Crippen LogP contribution in [-0.4, -0.2) is 24.3 Å². The third kappa shape index (κ3) is 4.46. The van der Waals surface area contributed by atoms with Crippen molar-refractivity contribution in [3.63, 3.8) is 0 Å². The minimum absolute atomic E-state index is 0.0481. The van der Waals surface area contributed by atoms with Crippen molar-refractivity contribution in [1.29, 1.82) is 0 Å². The summed E-state index contributed by atoms with van der Waals surface area (Å²) >= 11 is 0. The number of Topliss-reactive ketones (excluding diaryl/α,β-unsaturated/α-hetero) is 1. The van der Waals surface area contributed by atoms with Crippen molar-refractivity contribution in [2.75, 3.05) is 6.54 Å². The van der Waals surface area contributed by atoms with Gasteiger partial charge in [-0.1, -0.05) is 0 Å². The van der Waals surface area contributed by atoms with E-state index in [2.05, 4.69) is 0 Å². The van der Waals surface area contributed by atoms with Crippen LogP contribution in [-0.2, 0) is 9.59 Å². The Hall–Kier alpha value is -0.940. The highest BCUT2D eigenvalue weighted by Crippen LogP contribution is 1.92. The smallest absolute Gasteiger partial charge is 0.217 e. The third-order valence-corrected chi connectivity index (χ3v) is 1.29. The zero-order valence-corrected chi connectivity index (χ0v) is 6.25. The summed E-state index contributed by atoms with van der Waals surface area (Å²) < 4.78 is 0. The van der Waals surface area contributed by atoms with Crippen LogP contribution in [0.1, 0.15) is 12.8 Å². The van der Waals surface area contributed by atoms with Crippen molar-refractivity contribution in [3.05, 3.63) is 0 Å². The van der Waals surface area contributed by atoms with E-state index < -0.39 is 11.9 Å². The molecule has 0 bridgehead atoms. The number of hydrogen-bond donors (Lipinski definition) is 3. The van der Waals surface area contributed by atoms with Crippen LogP contribution < -0.4 is 17.2 Å². The molecule has 6 N–H and O–H groups in total. The first kappa shape index (κ1) is 10.1. The monoisotopic (exact) mass is 159 g/mol. The van der Waals surface area contributed by atoms with Crippen molar-refractivity contribution in [2.45, 2.75) is 18.9 Å². The number of hydrogen-bond acceptors (Lipinski definition) is 4. The van der Waals surface area contributed by atoms with Crippen LogP contribution in [0.5, 0.6) is 0 Å². The maximum absolute atomic E-state index is 10.9. The van der Waals surface area contributed by atoms with Crippen molar-refractivity contribution in [1.82, 2.24) is 0 Å². The molecule has 1 atom stereocenters. The van der Waals surface area contributed by atoms with Crippen LogP contribution in [0, 0.1) is 0 Å². The quantitative estimate of drug-likeness (QED) is 0.435. The zero-order chi connectivity index (χ0) is 8.85. The Kier molecular flexibility index (Phi) is 4.40. The second-order valence-corrected chi connectivity index (χ2v) is 2.27. The Labute approximate surface area is 64.9 Å². The molecule has 0 aliphatic heterocycles. The van der Waals surface area contributed by atoms with Gasteiger partial charge in [0.2, 0.25) is 5.91 Å². The summed E-state index contributed by atoms with van der Waals surface area (Å²) in [5.41, 5.74) is 15.2. The number of rotatable bonds is 5. The molecule has 0 unspecified atom stereocenters. The van der Waals surface area contributed by atoms with E-state index >= 15 is 0 Å². The van der Waals surface area contributed by atoms with Gasteiger partial charge in [-0.05, 0) is 0 Å². The third-order valence-electron chi connectivity index (χ3n) is 1.29. The molecule has 0 saturated carbocycles. The predicted molar refractivity (Wildman–Crippen MR) is 40.5 cm³/mol. The average Bonchev–Trinajstić information content (AvgIpc) is 1.98. The number of primary amides is 1. The van der Waals surface area contributed by atoms with E-state index in [9.17, 15) is 9.59 Å². The molecule has 0 rings (SSSR count). The fourth-order valence-electron chi connectivity index (χ4n) is 0.563. The molecule has 0 spiro atoms. The van der Waals surface area contributed by atoms with Crippen molar-refractivity contribution >= 4 is 11.7 Å². The van der Waals surface area contributed by atoms with E-state index in [4.69, 9.17) is 17.2 Å².